The van der Waals surface area contributed by atoms with Gasteiger partial charge in [0.2, 0.25) is 0 Å². The second-order valence-electron chi connectivity index (χ2n) is 5.04. The van der Waals surface area contributed by atoms with Gasteiger partial charge in [0.1, 0.15) is 11.1 Å². The number of aryl methyl sites for hydroxylation is 1. The van der Waals surface area contributed by atoms with Gasteiger partial charge in [-0.1, -0.05) is 23.7 Å². The van der Waals surface area contributed by atoms with Gasteiger partial charge < -0.3 is 15.0 Å². The number of morpholine rings is 1. The molecule has 0 aliphatic carbocycles. The summed E-state index contributed by atoms with van der Waals surface area (Å²) in [6, 6.07) is 5.38. The minimum atomic E-state index is -0.166. The smallest absolute Gasteiger partial charge is 0.322 e. The first-order valence-corrected chi connectivity index (χ1v) is 8.23. The topological polar surface area (TPSA) is 54.5 Å². The number of carbonyl (C=O) groups excluding carboxylic acids is 1. The van der Waals surface area contributed by atoms with Gasteiger partial charge in [-0.25, -0.2) is 9.78 Å². The van der Waals surface area contributed by atoms with E-state index in [-0.39, 0.29) is 12.1 Å². The fourth-order valence-corrected chi connectivity index (χ4v) is 3.30. The van der Waals surface area contributed by atoms with Crippen molar-refractivity contribution in [3.05, 3.63) is 45.4 Å². The lowest BCUT2D eigenvalue weighted by molar-refractivity contribution is -0.0135. The number of aromatic nitrogens is 1. The molecule has 1 saturated heterocycles. The van der Waals surface area contributed by atoms with Crippen LogP contribution in [0.15, 0.2) is 29.8 Å². The maximum absolute atomic E-state index is 12.5. The Balaban J connectivity index is 1.70. The van der Waals surface area contributed by atoms with Gasteiger partial charge in [-0.15, -0.1) is 11.3 Å². The summed E-state index contributed by atoms with van der Waals surface area (Å²) in [5.41, 5.74) is 1.59. The molecule has 1 N–H and O–H groups in total. The number of hydrogen-bond acceptors (Lipinski definition) is 4. The van der Waals surface area contributed by atoms with Crippen LogP contribution >= 0.6 is 22.9 Å². The molecule has 3 rings (SSSR count). The summed E-state index contributed by atoms with van der Waals surface area (Å²) < 4.78 is 5.70. The van der Waals surface area contributed by atoms with Crippen molar-refractivity contribution in [3.8, 4) is 0 Å². The standard InChI is InChI=1S/C15H16ClN3O2S/c1-10-3-2-4-11(16)13(10)18-15(20)19-6-7-21-12(9-19)14-17-5-8-22-14/h2-5,8,12H,6-7,9H2,1H3,(H,18,20)/t12-/m1/s1. The van der Waals surface area contributed by atoms with Crippen LogP contribution < -0.4 is 5.32 Å². The predicted molar refractivity (Wildman–Crippen MR) is 87.6 cm³/mol. The van der Waals surface area contributed by atoms with Crippen LogP contribution in [0.1, 0.15) is 16.7 Å². The Labute approximate surface area is 137 Å². The van der Waals surface area contributed by atoms with Gasteiger partial charge in [0, 0.05) is 18.1 Å². The zero-order chi connectivity index (χ0) is 15.5. The van der Waals surface area contributed by atoms with Crippen molar-refractivity contribution in [2.45, 2.75) is 13.0 Å². The van der Waals surface area contributed by atoms with Gasteiger partial charge in [0.05, 0.1) is 23.9 Å². The van der Waals surface area contributed by atoms with E-state index in [1.165, 1.54) is 11.3 Å². The number of anilines is 1. The fraction of sp³-hybridized carbons (Fsp3) is 0.333. The van der Waals surface area contributed by atoms with Gasteiger partial charge in [-0.3, -0.25) is 0 Å². The Morgan fingerprint density at radius 3 is 3.14 bits per heavy atom. The molecule has 1 aromatic carbocycles. The molecule has 0 spiro atoms. The highest BCUT2D eigenvalue weighted by atomic mass is 35.5. The normalized spacial score (nSPS) is 18.3. The number of nitrogens with zero attached hydrogens (tertiary/aromatic N) is 2. The lowest BCUT2D eigenvalue weighted by Gasteiger charge is -2.32. The van der Waals surface area contributed by atoms with Crippen molar-refractivity contribution in [2.24, 2.45) is 0 Å². The number of ether oxygens (including phenoxy) is 1. The van der Waals surface area contributed by atoms with Crippen LogP contribution in [-0.2, 0) is 4.74 Å². The van der Waals surface area contributed by atoms with E-state index in [9.17, 15) is 4.79 Å². The van der Waals surface area contributed by atoms with E-state index in [0.717, 1.165) is 10.6 Å². The molecule has 0 radical (unpaired) electrons. The third kappa shape index (κ3) is 3.24. The fourth-order valence-electron chi connectivity index (χ4n) is 2.35. The molecule has 0 bridgehead atoms. The molecule has 22 heavy (non-hydrogen) atoms. The maximum atomic E-state index is 12.5. The summed E-state index contributed by atoms with van der Waals surface area (Å²) in [4.78, 5) is 18.5. The van der Waals surface area contributed by atoms with Crippen LogP contribution in [0.5, 0.6) is 0 Å². The molecular formula is C15H16ClN3O2S. The second kappa shape index (κ2) is 6.64. The predicted octanol–water partition coefficient (Wildman–Crippen LogP) is 3.71. The largest absolute Gasteiger partial charge is 0.367 e. The van der Waals surface area contributed by atoms with E-state index in [4.69, 9.17) is 16.3 Å². The molecule has 1 atom stereocenters. The minimum absolute atomic E-state index is 0.160. The summed E-state index contributed by atoms with van der Waals surface area (Å²) in [7, 11) is 0. The molecule has 0 unspecified atom stereocenters. The summed E-state index contributed by atoms with van der Waals surface area (Å²) >= 11 is 7.69. The van der Waals surface area contributed by atoms with Gasteiger partial charge >= 0.3 is 6.03 Å². The summed E-state index contributed by atoms with van der Waals surface area (Å²) in [6.07, 6.45) is 1.59. The molecule has 1 aromatic heterocycles. The SMILES string of the molecule is Cc1cccc(Cl)c1NC(=O)N1CCO[C@@H](c2nccs2)C1. The van der Waals surface area contributed by atoms with Crippen molar-refractivity contribution in [1.29, 1.82) is 0 Å². The lowest BCUT2D eigenvalue weighted by Crippen LogP contribution is -2.44. The van der Waals surface area contributed by atoms with E-state index in [1.54, 1.807) is 17.2 Å². The molecule has 7 heteroatoms. The van der Waals surface area contributed by atoms with Crippen LogP contribution in [0.2, 0.25) is 5.02 Å². The highest BCUT2D eigenvalue weighted by Crippen LogP contribution is 2.27. The number of nitrogens with one attached hydrogen (secondary N) is 1. The molecule has 1 fully saturated rings. The summed E-state index contributed by atoms with van der Waals surface area (Å²) in [6.45, 7) is 3.46. The molecule has 116 valence electrons. The molecule has 2 heterocycles. The molecule has 5 nitrogen and oxygen atoms in total. The van der Waals surface area contributed by atoms with Crippen LogP contribution in [0.4, 0.5) is 10.5 Å². The zero-order valence-electron chi connectivity index (χ0n) is 12.1. The average molecular weight is 338 g/mol. The van der Waals surface area contributed by atoms with Gasteiger partial charge in [-0.2, -0.15) is 0 Å². The van der Waals surface area contributed by atoms with E-state index in [0.29, 0.717) is 30.4 Å². The second-order valence-corrected chi connectivity index (χ2v) is 6.37. The number of urea groups is 1. The molecule has 2 aromatic rings. The Morgan fingerprint density at radius 2 is 2.41 bits per heavy atom. The Kier molecular flexibility index (Phi) is 4.61. The van der Waals surface area contributed by atoms with Crippen molar-refractivity contribution in [3.63, 3.8) is 0 Å². The third-order valence-corrected chi connectivity index (χ3v) is 4.72. The molecule has 0 saturated carbocycles. The Hall–Kier alpha value is -1.63. The van der Waals surface area contributed by atoms with Crippen molar-refractivity contribution < 1.29 is 9.53 Å². The van der Waals surface area contributed by atoms with Crippen molar-refractivity contribution >= 4 is 34.7 Å². The Morgan fingerprint density at radius 1 is 1.55 bits per heavy atom. The van der Waals surface area contributed by atoms with E-state index < -0.39 is 0 Å². The number of benzene rings is 1. The van der Waals surface area contributed by atoms with Crippen LogP contribution in [0, 0.1) is 6.92 Å². The maximum Gasteiger partial charge on any atom is 0.322 e. The zero-order valence-corrected chi connectivity index (χ0v) is 13.7. The van der Waals surface area contributed by atoms with Crippen LogP contribution in [0.25, 0.3) is 0 Å². The third-order valence-electron chi connectivity index (χ3n) is 3.53. The molecule has 2 amide bonds. The quantitative estimate of drug-likeness (QED) is 0.908. The van der Waals surface area contributed by atoms with E-state index in [1.807, 2.05) is 24.4 Å². The first-order chi connectivity index (χ1) is 10.6. The van der Waals surface area contributed by atoms with Gasteiger partial charge in [-0.05, 0) is 18.6 Å². The number of halogens is 1. The van der Waals surface area contributed by atoms with E-state index >= 15 is 0 Å². The van der Waals surface area contributed by atoms with Gasteiger partial charge in [0.15, 0.2) is 0 Å². The first kappa shape index (κ1) is 15.3. The highest BCUT2D eigenvalue weighted by Gasteiger charge is 2.27. The Bertz CT molecular complexity index is 643. The lowest BCUT2D eigenvalue weighted by atomic mass is 10.2. The van der Waals surface area contributed by atoms with Crippen LogP contribution in [-0.4, -0.2) is 35.6 Å². The monoisotopic (exact) mass is 337 g/mol. The number of para-hydroxylation sites is 1. The number of rotatable bonds is 2. The average Bonchev–Trinajstić information content (AvgIpc) is 3.05. The summed E-state index contributed by atoms with van der Waals surface area (Å²) in [5.74, 6) is 0. The van der Waals surface area contributed by atoms with Crippen molar-refractivity contribution in [2.75, 3.05) is 25.0 Å². The molecule has 1 aliphatic heterocycles. The van der Waals surface area contributed by atoms with Crippen LogP contribution in [0.3, 0.4) is 0 Å². The number of amides is 2. The number of hydrogen-bond donors (Lipinski definition) is 1. The highest BCUT2D eigenvalue weighted by molar-refractivity contribution is 7.09. The van der Waals surface area contributed by atoms with Crippen molar-refractivity contribution in [1.82, 2.24) is 9.88 Å². The summed E-state index contributed by atoms with van der Waals surface area (Å²) in [5, 5.41) is 6.24. The number of carbonyl (C=O) groups is 1. The first-order valence-electron chi connectivity index (χ1n) is 6.97. The molecular weight excluding hydrogens is 322 g/mol. The number of thiazole rings is 1. The molecule has 1 aliphatic rings. The minimum Gasteiger partial charge on any atom is -0.367 e. The van der Waals surface area contributed by atoms with E-state index in [2.05, 4.69) is 10.3 Å². The van der Waals surface area contributed by atoms with Gasteiger partial charge in [0.25, 0.3) is 0 Å².